The molecule has 6 heteroatoms. The molecule has 0 fully saturated rings. The van der Waals surface area contributed by atoms with E-state index in [0.29, 0.717) is 17.5 Å². The van der Waals surface area contributed by atoms with Crippen LogP contribution in [-0.2, 0) is 22.4 Å². The molecule has 0 saturated carbocycles. The van der Waals surface area contributed by atoms with Crippen LogP contribution in [0.5, 0.6) is 11.5 Å². The van der Waals surface area contributed by atoms with Crippen LogP contribution in [0.15, 0.2) is 41.4 Å². The number of benzene rings is 2. The zero-order valence-corrected chi connectivity index (χ0v) is 14.6. The lowest BCUT2D eigenvalue weighted by Gasteiger charge is -2.21. The van der Waals surface area contributed by atoms with Crippen molar-refractivity contribution in [3.8, 4) is 11.5 Å². The number of nitrogens with one attached hydrogen (secondary N) is 1. The molecule has 1 atom stereocenters. The third-order valence-corrected chi connectivity index (χ3v) is 4.41. The molecule has 2 amide bonds. The van der Waals surface area contributed by atoms with Gasteiger partial charge in [-0.15, -0.1) is 0 Å². The fourth-order valence-electron chi connectivity index (χ4n) is 3.03. The highest BCUT2D eigenvalue weighted by molar-refractivity contribution is 6.42. The van der Waals surface area contributed by atoms with Crippen LogP contribution in [0.2, 0.25) is 0 Å². The summed E-state index contributed by atoms with van der Waals surface area (Å²) in [6, 6.07) is 9.34. The number of carbonyl (C=O) groups excluding carboxylic acids is 2. The van der Waals surface area contributed by atoms with E-state index in [1.165, 1.54) is 12.1 Å². The van der Waals surface area contributed by atoms with E-state index in [0.717, 1.165) is 11.1 Å². The summed E-state index contributed by atoms with van der Waals surface area (Å²) >= 11 is 0. The number of hydrogen-bond donors (Lipinski definition) is 3. The summed E-state index contributed by atoms with van der Waals surface area (Å²) in [7, 11) is 0. The summed E-state index contributed by atoms with van der Waals surface area (Å²) in [6.45, 7) is 3.57. The molecule has 1 heterocycles. The summed E-state index contributed by atoms with van der Waals surface area (Å²) in [5.41, 5.74) is 3.24. The lowest BCUT2D eigenvalue weighted by atomic mass is 9.99. The molecule has 0 radical (unpaired) electrons. The highest BCUT2D eigenvalue weighted by atomic mass is 16.3. The smallest absolute Gasteiger partial charge is 0.269 e. The standard InChI is InChI=1S/C20H20N2O4/c1-11-7-14(8-12(2)18(11)24)10-17-20(26)21-16(19(25)22-17)9-13-3-5-15(23)6-4-13/h3-8,16,23-24H,9-10H2,1-2H3,(H,21,26)/t16-/m0/s1. The largest absolute Gasteiger partial charge is 0.508 e. The van der Waals surface area contributed by atoms with Gasteiger partial charge < -0.3 is 15.5 Å². The van der Waals surface area contributed by atoms with Crippen LogP contribution in [0, 0.1) is 13.8 Å². The summed E-state index contributed by atoms with van der Waals surface area (Å²) in [6.07, 6.45) is 0.546. The topological polar surface area (TPSA) is 99.0 Å². The van der Waals surface area contributed by atoms with Crippen LogP contribution in [-0.4, -0.2) is 33.8 Å². The molecular formula is C20H20N2O4. The highest BCUT2D eigenvalue weighted by Crippen LogP contribution is 2.23. The monoisotopic (exact) mass is 352 g/mol. The van der Waals surface area contributed by atoms with E-state index in [9.17, 15) is 19.8 Å². The van der Waals surface area contributed by atoms with E-state index < -0.39 is 6.04 Å². The third-order valence-electron chi connectivity index (χ3n) is 4.41. The Morgan fingerprint density at radius 1 is 1.00 bits per heavy atom. The highest BCUT2D eigenvalue weighted by Gasteiger charge is 2.29. The Hall–Kier alpha value is -3.15. The Morgan fingerprint density at radius 2 is 1.62 bits per heavy atom. The Labute approximate surface area is 151 Å². The molecule has 2 aromatic carbocycles. The molecule has 1 aliphatic heterocycles. The van der Waals surface area contributed by atoms with Crippen LogP contribution >= 0.6 is 0 Å². The minimum atomic E-state index is -0.709. The second-order valence-corrected chi connectivity index (χ2v) is 6.55. The van der Waals surface area contributed by atoms with Crippen molar-refractivity contribution in [1.82, 2.24) is 5.32 Å². The van der Waals surface area contributed by atoms with Crippen molar-refractivity contribution in [2.24, 2.45) is 4.99 Å². The van der Waals surface area contributed by atoms with Gasteiger partial charge in [0.15, 0.2) is 0 Å². The fourth-order valence-corrected chi connectivity index (χ4v) is 3.03. The van der Waals surface area contributed by atoms with Crippen LogP contribution in [0.3, 0.4) is 0 Å². The van der Waals surface area contributed by atoms with Crippen LogP contribution in [0.25, 0.3) is 0 Å². The van der Waals surface area contributed by atoms with E-state index in [1.54, 1.807) is 38.1 Å². The first-order valence-electron chi connectivity index (χ1n) is 8.33. The summed E-state index contributed by atoms with van der Waals surface area (Å²) in [5, 5.41) is 21.9. The molecule has 26 heavy (non-hydrogen) atoms. The molecule has 3 rings (SSSR count). The Bertz CT molecular complexity index is 878. The van der Waals surface area contributed by atoms with Gasteiger partial charge in [-0.1, -0.05) is 24.3 Å². The lowest BCUT2D eigenvalue weighted by molar-refractivity contribution is -0.125. The molecule has 0 unspecified atom stereocenters. The fraction of sp³-hybridized carbons (Fsp3) is 0.250. The third kappa shape index (κ3) is 3.74. The van der Waals surface area contributed by atoms with E-state index in [-0.39, 0.29) is 35.4 Å². The van der Waals surface area contributed by atoms with E-state index in [1.807, 2.05) is 0 Å². The number of aryl methyl sites for hydroxylation is 2. The molecule has 0 spiro atoms. The van der Waals surface area contributed by atoms with Gasteiger partial charge in [0.05, 0.1) is 0 Å². The first-order chi connectivity index (χ1) is 12.3. The first kappa shape index (κ1) is 17.7. The quantitative estimate of drug-likeness (QED) is 0.783. The molecule has 0 bridgehead atoms. The van der Waals surface area contributed by atoms with E-state index >= 15 is 0 Å². The number of rotatable bonds is 4. The van der Waals surface area contributed by atoms with Gasteiger partial charge >= 0.3 is 0 Å². The number of phenolic OH excluding ortho intramolecular Hbond substituents is 2. The van der Waals surface area contributed by atoms with Gasteiger partial charge in [0.25, 0.3) is 11.8 Å². The Kier molecular flexibility index (Phi) is 4.75. The maximum atomic E-state index is 12.4. The van der Waals surface area contributed by atoms with Gasteiger partial charge in [0.1, 0.15) is 23.3 Å². The van der Waals surface area contributed by atoms with Crippen molar-refractivity contribution in [2.75, 3.05) is 0 Å². The molecular weight excluding hydrogens is 332 g/mol. The van der Waals surface area contributed by atoms with Crippen molar-refractivity contribution >= 4 is 17.5 Å². The normalized spacial score (nSPS) is 17.0. The van der Waals surface area contributed by atoms with Gasteiger partial charge in [-0.25, -0.2) is 4.99 Å². The predicted molar refractivity (Wildman–Crippen MR) is 97.5 cm³/mol. The average molecular weight is 352 g/mol. The second kappa shape index (κ2) is 7.00. The number of nitrogens with zero attached hydrogens (tertiary/aromatic N) is 1. The zero-order chi connectivity index (χ0) is 18.8. The summed E-state index contributed by atoms with van der Waals surface area (Å²) in [4.78, 5) is 28.6. The molecule has 134 valence electrons. The van der Waals surface area contributed by atoms with Crippen molar-refractivity contribution in [2.45, 2.75) is 32.7 Å². The molecule has 2 aromatic rings. The van der Waals surface area contributed by atoms with Gasteiger partial charge in [0, 0.05) is 12.8 Å². The minimum absolute atomic E-state index is 0.146. The molecule has 3 N–H and O–H groups in total. The minimum Gasteiger partial charge on any atom is -0.508 e. The molecule has 0 aliphatic carbocycles. The van der Waals surface area contributed by atoms with Crippen LogP contribution in [0.4, 0.5) is 0 Å². The molecule has 0 aromatic heterocycles. The van der Waals surface area contributed by atoms with Crippen LogP contribution in [0.1, 0.15) is 22.3 Å². The molecule has 1 aliphatic rings. The lowest BCUT2D eigenvalue weighted by Crippen LogP contribution is -2.49. The van der Waals surface area contributed by atoms with Crippen molar-refractivity contribution in [1.29, 1.82) is 0 Å². The maximum Gasteiger partial charge on any atom is 0.269 e. The molecule has 6 nitrogen and oxygen atoms in total. The van der Waals surface area contributed by atoms with Gasteiger partial charge in [0.2, 0.25) is 0 Å². The number of aromatic hydroxyl groups is 2. The van der Waals surface area contributed by atoms with Gasteiger partial charge in [-0.3, -0.25) is 9.59 Å². The Morgan fingerprint density at radius 3 is 2.23 bits per heavy atom. The zero-order valence-electron chi connectivity index (χ0n) is 14.6. The van der Waals surface area contributed by atoms with Crippen molar-refractivity contribution in [3.05, 3.63) is 58.7 Å². The number of aliphatic imine (C=N–C) groups is 1. The summed E-state index contributed by atoms with van der Waals surface area (Å²) < 4.78 is 0. The molecule has 0 saturated heterocycles. The van der Waals surface area contributed by atoms with Crippen LogP contribution < -0.4 is 5.32 Å². The van der Waals surface area contributed by atoms with Gasteiger partial charge in [-0.05, 0) is 48.2 Å². The van der Waals surface area contributed by atoms with Gasteiger partial charge in [-0.2, -0.15) is 0 Å². The number of amides is 2. The summed E-state index contributed by atoms with van der Waals surface area (Å²) in [5.74, 6) is -0.377. The van der Waals surface area contributed by atoms with E-state index in [4.69, 9.17) is 0 Å². The Balaban J connectivity index is 1.75. The maximum absolute atomic E-state index is 12.4. The second-order valence-electron chi connectivity index (χ2n) is 6.55. The number of hydrogen-bond acceptors (Lipinski definition) is 4. The number of carbonyl (C=O) groups is 2. The van der Waals surface area contributed by atoms with Crippen molar-refractivity contribution < 1.29 is 19.8 Å². The SMILES string of the molecule is Cc1cc(CC2=NC(=O)[C@H](Cc3ccc(O)cc3)NC2=O)cc(C)c1O. The first-order valence-corrected chi connectivity index (χ1v) is 8.33. The van der Waals surface area contributed by atoms with Crippen molar-refractivity contribution in [3.63, 3.8) is 0 Å². The van der Waals surface area contributed by atoms with E-state index in [2.05, 4.69) is 10.3 Å². The number of phenols is 2. The average Bonchev–Trinajstić information content (AvgIpc) is 2.59. The predicted octanol–water partition coefficient (Wildman–Crippen LogP) is 1.97.